The van der Waals surface area contributed by atoms with Crippen LogP contribution in [0, 0.1) is 0 Å². The Labute approximate surface area is 180 Å². The van der Waals surface area contributed by atoms with Crippen LogP contribution in [0.5, 0.6) is 17.2 Å². The van der Waals surface area contributed by atoms with Crippen molar-refractivity contribution in [2.45, 2.75) is 30.0 Å². The van der Waals surface area contributed by atoms with Crippen LogP contribution in [0.2, 0.25) is 0 Å². The van der Waals surface area contributed by atoms with Crippen molar-refractivity contribution in [2.75, 3.05) is 19.9 Å². The number of rotatable bonds is 5. The van der Waals surface area contributed by atoms with Crippen LogP contribution in [-0.4, -0.2) is 41.4 Å². The highest BCUT2D eigenvalue weighted by Gasteiger charge is 2.31. The number of piperidine rings is 1. The predicted molar refractivity (Wildman–Crippen MR) is 104 cm³/mol. The highest BCUT2D eigenvalue weighted by atomic mass is 32.2. The van der Waals surface area contributed by atoms with E-state index in [2.05, 4.69) is 4.31 Å². The molecule has 166 valence electrons. The molecule has 11 heteroatoms. The van der Waals surface area contributed by atoms with Gasteiger partial charge in [-0.05, 0) is 61.2 Å². The SMILES string of the molecule is O=C(NO)c1c(SN2CCC(Oc3ccc(C(F)(F)F)cc3)CC2)ccc2c1OCO2. The van der Waals surface area contributed by atoms with Crippen LogP contribution in [0.25, 0.3) is 0 Å². The van der Waals surface area contributed by atoms with E-state index < -0.39 is 17.6 Å². The van der Waals surface area contributed by atoms with Gasteiger partial charge >= 0.3 is 6.18 Å². The zero-order valence-corrected chi connectivity index (χ0v) is 17.0. The lowest BCUT2D eigenvalue weighted by Gasteiger charge is -2.31. The van der Waals surface area contributed by atoms with Gasteiger partial charge < -0.3 is 14.2 Å². The number of nitrogens with one attached hydrogen (secondary N) is 1. The second-order valence-electron chi connectivity index (χ2n) is 6.97. The number of fused-ring (bicyclic) bond motifs is 1. The molecule has 2 aromatic rings. The number of nitrogens with zero attached hydrogens (tertiary/aromatic N) is 1. The highest BCUT2D eigenvalue weighted by molar-refractivity contribution is 7.97. The fraction of sp³-hybridized carbons (Fsp3) is 0.350. The molecule has 0 aromatic heterocycles. The summed E-state index contributed by atoms with van der Waals surface area (Å²) in [6.07, 6.45) is -3.16. The average Bonchev–Trinajstić information content (AvgIpc) is 3.23. The molecule has 0 bridgehead atoms. The summed E-state index contributed by atoms with van der Waals surface area (Å²) >= 11 is 1.36. The standard InChI is InChI=1S/C20H19F3N2O5S/c21-20(22,23)12-1-3-13(4-2-12)30-14-7-9-25(10-8-14)31-16-6-5-15-18(29-11-28-15)17(16)19(26)24-27/h1-6,14,27H,7-11H2,(H,24,26). The molecular weight excluding hydrogens is 437 g/mol. The van der Waals surface area contributed by atoms with Gasteiger partial charge in [-0.15, -0.1) is 0 Å². The van der Waals surface area contributed by atoms with Crippen molar-refractivity contribution in [3.05, 3.63) is 47.5 Å². The van der Waals surface area contributed by atoms with Crippen molar-refractivity contribution in [3.63, 3.8) is 0 Å². The molecule has 2 N–H and O–H groups in total. The van der Waals surface area contributed by atoms with Crippen LogP contribution in [-0.2, 0) is 6.18 Å². The average molecular weight is 456 g/mol. The summed E-state index contributed by atoms with van der Waals surface area (Å²) in [5.74, 6) is 0.436. The molecule has 1 amide bonds. The van der Waals surface area contributed by atoms with Crippen molar-refractivity contribution >= 4 is 17.9 Å². The minimum absolute atomic E-state index is 0.00183. The number of halogens is 3. The molecule has 1 saturated heterocycles. The van der Waals surface area contributed by atoms with Gasteiger partial charge in [0.05, 0.1) is 5.56 Å². The van der Waals surface area contributed by atoms with Crippen LogP contribution in [0.1, 0.15) is 28.8 Å². The Bertz CT molecular complexity index is 947. The lowest BCUT2D eigenvalue weighted by molar-refractivity contribution is -0.137. The summed E-state index contributed by atoms with van der Waals surface area (Å²) in [7, 11) is 0. The van der Waals surface area contributed by atoms with Crippen LogP contribution < -0.4 is 19.7 Å². The van der Waals surface area contributed by atoms with Crippen molar-refractivity contribution in [2.24, 2.45) is 0 Å². The van der Waals surface area contributed by atoms with E-state index in [1.54, 1.807) is 17.6 Å². The number of carbonyl (C=O) groups is 1. The molecule has 2 aliphatic heterocycles. The Morgan fingerprint density at radius 3 is 2.48 bits per heavy atom. The van der Waals surface area contributed by atoms with E-state index in [0.29, 0.717) is 42.3 Å². The Morgan fingerprint density at radius 2 is 1.84 bits per heavy atom. The van der Waals surface area contributed by atoms with Crippen molar-refractivity contribution < 1.29 is 37.4 Å². The van der Waals surface area contributed by atoms with Crippen molar-refractivity contribution in [1.82, 2.24) is 9.79 Å². The number of ether oxygens (including phenoxy) is 3. The predicted octanol–water partition coefficient (Wildman–Crippen LogP) is 4.10. The second-order valence-corrected chi connectivity index (χ2v) is 8.11. The first kappa shape index (κ1) is 21.6. The maximum absolute atomic E-state index is 12.7. The van der Waals surface area contributed by atoms with Gasteiger partial charge in [0, 0.05) is 18.0 Å². The largest absolute Gasteiger partial charge is 0.490 e. The fourth-order valence-electron chi connectivity index (χ4n) is 3.40. The topological polar surface area (TPSA) is 80.3 Å². The smallest absolute Gasteiger partial charge is 0.416 e. The third-order valence-corrected chi connectivity index (χ3v) is 6.10. The van der Waals surface area contributed by atoms with Gasteiger partial charge in [0.25, 0.3) is 5.91 Å². The zero-order valence-electron chi connectivity index (χ0n) is 16.1. The van der Waals surface area contributed by atoms with E-state index >= 15 is 0 Å². The molecule has 0 spiro atoms. The van der Waals surface area contributed by atoms with Gasteiger partial charge in [-0.3, -0.25) is 10.0 Å². The number of hydrogen-bond acceptors (Lipinski definition) is 7. The van der Waals surface area contributed by atoms with Gasteiger partial charge in [-0.2, -0.15) is 13.2 Å². The van der Waals surface area contributed by atoms with Crippen LogP contribution in [0.4, 0.5) is 13.2 Å². The van der Waals surface area contributed by atoms with Gasteiger partial charge in [0.15, 0.2) is 11.5 Å². The molecule has 7 nitrogen and oxygen atoms in total. The Balaban J connectivity index is 1.36. The summed E-state index contributed by atoms with van der Waals surface area (Å²) in [5, 5.41) is 9.09. The summed E-state index contributed by atoms with van der Waals surface area (Å²) in [5.41, 5.74) is 1.13. The summed E-state index contributed by atoms with van der Waals surface area (Å²) in [4.78, 5) is 12.8. The third-order valence-electron chi connectivity index (χ3n) is 4.94. The molecule has 1 fully saturated rings. The van der Waals surface area contributed by atoms with E-state index in [1.165, 1.54) is 24.1 Å². The van der Waals surface area contributed by atoms with E-state index in [-0.39, 0.29) is 24.2 Å². The molecule has 2 aromatic carbocycles. The van der Waals surface area contributed by atoms with Crippen LogP contribution >= 0.6 is 11.9 Å². The molecule has 31 heavy (non-hydrogen) atoms. The molecule has 0 aliphatic carbocycles. The molecule has 0 atom stereocenters. The maximum Gasteiger partial charge on any atom is 0.416 e. The highest BCUT2D eigenvalue weighted by Crippen LogP contribution is 2.42. The van der Waals surface area contributed by atoms with Crippen molar-refractivity contribution in [3.8, 4) is 17.2 Å². The summed E-state index contributed by atoms with van der Waals surface area (Å²) in [6, 6.07) is 8.11. The number of hydrogen-bond donors (Lipinski definition) is 2. The molecule has 4 rings (SSSR count). The quantitative estimate of drug-likeness (QED) is 0.398. The number of benzene rings is 2. The molecular formula is C20H19F3N2O5S. The zero-order chi connectivity index (χ0) is 22.0. The lowest BCUT2D eigenvalue weighted by atomic mass is 10.1. The van der Waals surface area contributed by atoms with E-state index in [1.807, 2.05) is 0 Å². The first-order chi connectivity index (χ1) is 14.8. The van der Waals surface area contributed by atoms with Crippen LogP contribution in [0.3, 0.4) is 0 Å². The number of carbonyl (C=O) groups excluding carboxylic acids is 1. The van der Waals surface area contributed by atoms with Crippen molar-refractivity contribution in [1.29, 1.82) is 0 Å². The van der Waals surface area contributed by atoms with Gasteiger partial charge in [0.1, 0.15) is 17.4 Å². The molecule has 0 unspecified atom stereocenters. The minimum atomic E-state index is -4.37. The van der Waals surface area contributed by atoms with Gasteiger partial charge in [0.2, 0.25) is 6.79 Å². The number of amides is 1. The van der Waals surface area contributed by atoms with E-state index in [4.69, 9.17) is 19.4 Å². The molecule has 0 radical (unpaired) electrons. The first-order valence-corrected chi connectivity index (χ1v) is 10.3. The minimum Gasteiger partial charge on any atom is -0.490 e. The second kappa shape index (κ2) is 8.85. The number of hydroxylamine groups is 1. The number of alkyl halides is 3. The summed E-state index contributed by atoms with van der Waals surface area (Å²) in [6.45, 7) is 1.29. The Morgan fingerprint density at radius 1 is 1.13 bits per heavy atom. The third kappa shape index (κ3) is 4.83. The summed E-state index contributed by atoms with van der Waals surface area (Å²) < 4.78 is 56.6. The van der Waals surface area contributed by atoms with E-state index in [0.717, 1.165) is 12.1 Å². The van der Waals surface area contributed by atoms with E-state index in [9.17, 15) is 18.0 Å². The maximum atomic E-state index is 12.7. The monoisotopic (exact) mass is 456 g/mol. The fourth-order valence-corrected chi connectivity index (χ4v) is 4.47. The normalized spacial score (nSPS) is 16.9. The van der Waals surface area contributed by atoms with Gasteiger partial charge in [-0.25, -0.2) is 9.79 Å². The Kier molecular flexibility index (Phi) is 6.17. The first-order valence-electron chi connectivity index (χ1n) is 9.49. The van der Waals surface area contributed by atoms with Gasteiger partial charge in [-0.1, -0.05) is 0 Å². The molecule has 0 saturated carbocycles. The lowest BCUT2D eigenvalue weighted by Crippen LogP contribution is -2.34. The van der Waals surface area contributed by atoms with Crippen LogP contribution in [0.15, 0.2) is 41.3 Å². The Hall–Kier alpha value is -2.63. The molecule has 2 aliphatic rings. The molecule has 2 heterocycles.